The maximum Gasteiger partial charge on any atom is 0.319 e. The van der Waals surface area contributed by atoms with Crippen molar-refractivity contribution in [2.24, 2.45) is 0 Å². The predicted molar refractivity (Wildman–Crippen MR) is 113 cm³/mol. The van der Waals surface area contributed by atoms with E-state index in [-0.39, 0.29) is 17.4 Å². The van der Waals surface area contributed by atoms with E-state index in [0.29, 0.717) is 16.9 Å². The van der Waals surface area contributed by atoms with E-state index in [1.54, 1.807) is 31.2 Å². The molecule has 30 heavy (non-hydrogen) atoms. The number of halogens is 1. The van der Waals surface area contributed by atoms with Crippen LogP contribution in [0.1, 0.15) is 24.2 Å². The second-order valence-corrected chi connectivity index (χ2v) is 7.60. The fourth-order valence-corrected chi connectivity index (χ4v) is 3.02. The van der Waals surface area contributed by atoms with Gasteiger partial charge in [0.2, 0.25) is 5.91 Å². The minimum Gasteiger partial charge on any atom is -0.455 e. The normalized spacial score (nSPS) is 11.3. The van der Waals surface area contributed by atoms with Gasteiger partial charge in [0.15, 0.2) is 12.4 Å². The van der Waals surface area contributed by atoms with Crippen LogP contribution in [0.4, 0.5) is 15.8 Å². The summed E-state index contributed by atoms with van der Waals surface area (Å²) in [4.78, 5) is 47.5. The third-order valence-corrected chi connectivity index (χ3v) is 4.97. The summed E-state index contributed by atoms with van der Waals surface area (Å²) in [5.41, 5.74) is 1.14. The Hall–Kier alpha value is -3.20. The summed E-state index contributed by atoms with van der Waals surface area (Å²) < 4.78 is 17.8. The fourth-order valence-electron chi connectivity index (χ4n) is 2.34. The van der Waals surface area contributed by atoms with E-state index in [1.165, 1.54) is 31.2 Å². The maximum atomic E-state index is 12.9. The molecule has 2 N–H and O–H groups in total. The van der Waals surface area contributed by atoms with Crippen LogP contribution in [0.25, 0.3) is 0 Å². The molecule has 0 unspecified atom stereocenters. The van der Waals surface area contributed by atoms with Crippen molar-refractivity contribution in [2.45, 2.75) is 19.1 Å². The molecule has 0 bridgehead atoms. The number of nitrogens with one attached hydrogen (secondary N) is 2. The highest BCUT2D eigenvalue weighted by atomic mass is 32.2. The molecule has 0 aliphatic carbocycles. The van der Waals surface area contributed by atoms with Crippen LogP contribution in [0.15, 0.2) is 48.5 Å². The third kappa shape index (κ3) is 7.32. The number of hydrogen-bond acceptors (Lipinski definition) is 6. The SMILES string of the molecule is CC(=O)c1ccccc1NC(=O)COC(=O)[C@@H](C)SCC(=O)Nc1ccc(F)cc1. The lowest BCUT2D eigenvalue weighted by Crippen LogP contribution is -2.26. The van der Waals surface area contributed by atoms with E-state index in [9.17, 15) is 23.6 Å². The Labute approximate surface area is 177 Å². The number of thioether (sulfide) groups is 1. The average Bonchev–Trinajstić information content (AvgIpc) is 2.72. The molecule has 0 spiro atoms. The lowest BCUT2D eigenvalue weighted by atomic mass is 10.1. The first-order valence-corrected chi connectivity index (χ1v) is 10.0. The molecule has 2 aromatic carbocycles. The van der Waals surface area contributed by atoms with E-state index in [2.05, 4.69) is 10.6 Å². The van der Waals surface area contributed by atoms with Crippen LogP contribution < -0.4 is 10.6 Å². The molecule has 0 fully saturated rings. The number of hydrogen-bond donors (Lipinski definition) is 2. The monoisotopic (exact) mass is 432 g/mol. The summed E-state index contributed by atoms with van der Waals surface area (Å²) in [6, 6.07) is 11.8. The second kappa shape index (κ2) is 11.1. The lowest BCUT2D eigenvalue weighted by molar-refractivity contribution is -0.146. The minimum absolute atomic E-state index is 0.0220. The number of benzene rings is 2. The zero-order chi connectivity index (χ0) is 22.1. The molecular weight excluding hydrogens is 411 g/mol. The van der Waals surface area contributed by atoms with Gasteiger partial charge in [-0.25, -0.2) is 4.39 Å². The van der Waals surface area contributed by atoms with Gasteiger partial charge in [0.25, 0.3) is 5.91 Å². The van der Waals surface area contributed by atoms with E-state index in [0.717, 1.165) is 11.8 Å². The van der Waals surface area contributed by atoms with Crippen LogP contribution in [-0.4, -0.2) is 41.2 Å². The summed E-state index contributed by atoms with van der Waals surface area (Å²) >= 11 is 1.04. The van der Waals surface area contributed by atoms with Gasteiger partial charge in [0.05, 0.1) is 11.4 Å². The van der Waals surface area contributed by atoms with Crippen molar-refractivity contribution in [3.63, 3.8) is 0 Å². The van der Waals surface area contributed by atoms with Crippen LogP contribution >= 0.6 is 11.8 Å². The summed E-state index contributed by atoms with van der Waals surface area (Å²) in [5, 5.41) is 4.44. The van der Waals surface area contributed by atoms with Gasteiger partial charge in [-0.15, -0.1) is 11.8 Å². The zero-order valence-electron chi connectivity index (χ0n) is 16.4. The zero-order valence-corrected chi connectivity index (χ0v) is 17.3. The van der Waals surface area contributed by atoms with Gasteiger partial charge in [-0.05, 0) is 50.2 Å². The van der Waals surface area contributed by atoms with Crippen LogP contribution in [0.2, 0.25) is 0 Å². The van der Waals surface area contributed by atoms with Crippen molar-refractivity contribution < 1.29 is 28.3 Å². The highest BCUT2D eigenvalue weighted by Crippen LogP contribution is 2.16. The van der Waals surface area contributed by atoms with Crippen LogP contribution in [0, 0.1) is 5.82 Å². The summed E-state index contributed by atoms with van der Waals surface area (Å²) in [7, 11) is 0. The largest absolute Gasteiger partial charge is 0.455 e. The number of carbonyl (C=O) groups is 4. The number of amides is 2. The Morgan fingerprint density at radius 1 is 1.00 bits per heavy atom. The molecule has 7 nitrogen and oxygen atoms in total. The van der Waals surface area contributed by atoms with Gasteiger partial charge in [0, 0.05) is 11.3 Å². The number of rotatable bonds is 9. The van der Waals surface area contributed by atoms with Gasteiger partial charge in [-0.3, -0.25) is 19.2 Å². The minimum atomic E-state index is -0.679. The molecule has 0 saturated carbocycles. The Bertz CT molecular complexity index is 933. The molecule has 0 aliphatic heterocycles. The number of para-hydroxylation sites is 1. The van der Waals surface area contributed by atoms with Gasteiger partial charge in [0.1, 0.15) is 11.1 Å². The van der Waals surface area contributed by atoms with E-state index in [1.807, 2.05) is 0 Å². The molecule has 0 aliphatic rings. The van der Waals surface area contributed by atoms with Crippen LogP contribution in [0.5, 0.6) is 0 Å². The molecule has 9 heteroatoms. The maximum absolute atomic E-state index is 12.9. The molecule has 2 rings (SSSR count). The topological polar surface area (TPSA) is 102 Å². The average molecular weight is 432 g/mol. The van der Waals surface area contributed by atoms with Crippen LogP contribution in [0.3, 0.4) is 0 Å². The molecule has 158 valence electrons. The molecule has 0 saturated heterocycles. The van der Waals surface area contributed by atoms with E-state index < -0.39 is 29.6 Å². The molecule has 2 aromatic rings. The van der Waals surface area contributed by atoms with Gasteiger partial charge in [-0.2, -0.15) is 0 Å². The number of esters is 1. The number of Topliss-reactive ketones (excluding diaryl/α,β-unsaturated/α-hetero) is 1. The van der Waals surface area contributed by atoms with E-state index in [4.69, 9.17) is 4.74 Å². The smallest absolute Gasteiger partial charge is 0.319 e. The van der Waals surface area contributed by atoms with Gasteiger partial charge < -0.3 is 15.4 Å². The lowest BCUT2D eigenvalue weighted by Gasteiger charge is -2.12. The van der Waals surface area contributed by atoms with E-state index >= 15 is 0 Å². The molecule has 0 aromatic heterocycles. The summed E-state index contributed by atoms with van der Waals surface area (Å²) in [6.07, 6.45) is 0. The fraction of sp³-hybridized carbons (Fsp3) is 0.238. The first kappa shape index (κ1) is 23.1. The second-order valence-electron chi connectivity index (χ2n) is 6.27. The Kier molecular flexibility index (Phi) is 8.54. The van der Waals surface area contributed by atoms with Crippen molar-refractivity contribution >= 4 is 46.7 Å². The molecule has 0 radical (unpaired) electrons. The highest BCUT2D eigenvalue weighted by molar-refractivity contribution is 8.01. The van der Waals surface area contributed by atoms with Gasteiger partial charge in [-0.1, -0.05) is 12.1 Å². The first-order chi connectivity index (χ1) is 14.3. The van der Waals surface area contributed by atoms with Crippen molar-refractivity contribution in [3.8, 4) is 0 Å². The Morgan fingerprint density at radius 2 is 1.67 bits per heavy atom. The third-order valence-electron chi connectivity index (χ3n) is 3.85. The van der Waals surface area contributed by atoms with Crippen LogP contribution in [-0.2, 0) is 19.1 Å². The van der Waals surface area contributed by atoms with Gasteiger partial charge >= 0.3 is 5.97 Å². The van der Waals surface area contributed by atoms with Crippen molar-refractivity contribution in [1.82, 2.24) is 0 Å². The standard InChI is InChI=1S/C21H21FN2O5S/c1-13(25)17-5-3-4-6-18(17)24-19(26)11-29-21(28)14(2)30-12-20(27)23-16-9-7-15(22)8-10-16/h3-10,14H,11-12H2,1-2H3,(H,23,27)(H,24,26)/t14-/m1/s1. The summed E-state index contributed by atoms with van der Waals surface area (Å²) in [6.45, 7) is 2.43. The number of ketones is 1. The predicted octanol–water partition coefficient (Wildman–Crippen LogP) is 3.27. The number of carbonyl (C=O) groups excluding carboxylic acids is 4. The molecular formula is C21H21FN2O5S. The Balaban J connectivity index is 1.75. The quantitative estimate of drug-likeness (QED) is 0.466. The summed E-state index contributed by atoms with van der Waals surface area (Å²) in [5.74, 6) is -2.22. The molecule has 1 atom stereocenters. The number of anilines is 2. The number of ether oxygens (including phenoxy) is 1. The first-order valence-electron chi connectivity index (χ1n) is 8.99. The molecule has 0 heterocycles. The van der Waals surface area contributed by atoms with Crippen molar-refractivity contribution in [3.05, 3.63) is 59.9 Å². The van der Waals surface area contributed by atoms with Crippen molar-refractivity contribution in [2.75, 3.05) is 23.0 Å². The Morgan fingerprint density at radius 3 is 2.33 bits per heavy atom. The highest BCUT2D eigenvalue weighted by Gasteiger charge is 2.18. The molecule has 2 amide bonds. The van der Waals surface area contributed by atoms with Crippen molar-refractivity contribution in [1.29, 1.82) is 0 Å².